The van der Waals surface area contributed by atoms with Crippen molar-refractivity contribution in [1.29, 1.82) is 0 Å². The average molecular weight is 266 g/mol. The van der Waals surface area contributed by atoms with Crippen molar-refractivity contribution in [2.45, 2.75) is 32.7 Å². The van der Waals surface area contributed by atoms with Gasteiger partial charge in [0, 0.05) is 11.6 Å². The van der Waals surface area contributed by atoms with Crippen molar-refractivity contribution >= 4 is 0 Å². The summed E-state index contributed by atoms with van der Waals surface area (Å²) < 4.78 is 11.0. The van der Waals surface area contributed by atoms with Crippen LogP contribution in [0.5, 0.6) is 11.5 Å². The van der Waals surface area contributed by atoms with E-state index in [0.717, 1.165) is 41.0 Å². The summed E-state index contributed by atoms with van der Waals surface area (Å²) in [6.45, 7) is 4.81. The zero-order valence-electron chi connectivity index (χ0n) is 12.7. The van der Waals surface area contributed by atoms with Crippen LogP contribution in [0.2, 0.25) is 0 Å². The molecule has 108 valence electrons. The van der Waals surface area contributed by atoms with E-state index in [0.29, 0.717) is 6.54 Å². The second-order valence-corrected chi connectivity index (χ2v) is 4.72. The van der Waals surface area contributed by atoms with Crippen molar-refractivity contribution in [1.82, 2.24) is 5.32 Å². The van der Waals surface area contributed by atoms with Gasteiger partial charge < -0.3 is 20.5 Å². The van der Waals surface area contributed by atoms with Crippen LogP contribution in [-0.4, -0.2) is 27.8 Å². The molecule has 1 unspecified atom stereocenters. The molecular formula is C15H26N2O2. The summed E-state index contributed by atoms with van der Waals surface area (Å²) in [7, 11) is 5.38. The predicted octanol–water partition coefficient (Wildman–Crippen LogP) is 2.32. The molecule has 0 spiro atoms. The molecule has 0 aromatic heterocycles. The Labute approximate surface area is 116 Å². The third-order valence-corrected chi connectivity index (χ3v) is 3.67. The Morgan fingerprint density at radius 3 is 2.37 bits per heavy atom. The van der Waals surface area contributed by atoms with Crippen molar-refractivity contribution in [2.24, 2.45) is 5.73 Å². The first-order chi connectivity index (χ1) is 9.10. The van der Waals surface area contributed by atoms with Crippen LogP contribution in [0.25, 0.3) is 0 Å². The molecule has 0 heterocycles. The van der Waals surface area contributed by atoms with Crippen molar-refractivity contribution in [2.75, 3.05) is 27.8 Å². The highest BCUT2D eigenvalue weighted by atomic mass is 16.5. The summed E-state index contributed by atoms with van der Waals surface area (Å²) in [5.74, 6) is 1.84. The van der Waals surface area contributed by atoms with Gasteiger partial charge in [-0.1, -0.05) is 0 Å². The maximum absolute atomic E-state index is 5.61. The SMILES string of the molecule is CNC(CCCN)c1cc(OC)c(C)c(C)c1OC. The molecule has 0 bridgehead atoms. The Morgan fingerprint density at radius 1 is 1.21 bits per heavy atom. The smallest absolute Gasteiger partial charge is 0.127 e. The van der Waals surface area contributed by atoms with Crippen LogP contribution in [-0.2, 0) is 0 Å². The fourth-order valence-corrected chi connectivity index (χ4v) is 2.41. The quantitative estimate of drug-likeness (QED) is 0.795. The number of hydrogen-bond acceptors (Lipinski definition) is 4. The van der Waals surface area contributed by atoms with Gasteiger partial charge in [0.15, 0.2) is 0 Å². The normalized spacial score (nSPS) is 12.3. The molecule has 0 saturated heterocycles. The third-order valence-electron chi connectivity index (χ3n) is 3.67. The van der Waals surface area contributed by atoms with Gasteiger partial charge in [-0.2, -0.15) is 0 Å². The van der Waals surface area contributed by atoms with Gasteiger partial charge in [0.05, 0.1) is 14.2 Å². The first-order valence-corrected chi connectivity index (χ1v) is 6.70. The van der Waals surface area contributed by atoms with E-state index in [9.17, 15) is 0 Å². The monoisotopic (exact) mass is 266 g/mol. The lowest BCUT2D eigenvalue weighted by Crippen LogP contribution is -2.19. The maximum atomic E-state index is 5.61. The molecule has 3 N–H and O–H groups in total. The molecule has 1 rings (SSSR count). The Bertz CT molecular complexity index is 419. The summed E-state index contributed by atoms with van der Waals surface area (Å²) in [5.41, 5.74) is 9.00. The van der Waals surface area contributed by atoms with Crippen LogP contribution in [0.4, 0.5) is 0 Å². The fourth-order valence-electron chi connectivity index (χ4n) is 2.41. The molecule has 0 aliphatic carbocycles. The molecule has 4 heteroatoms. The Kier molecular flexibility index (Phi) is 6.12. The topological polar surface area (TPSA) is 56.5 Å². The minimum Gasteiger partial charge on any atom is -0.496 e. The Hall–Kier alpha value is -1.26. The standard InChI is InChI=1S/C15H26N2O2/c1-10-11(2)15(19-5)12(9-14(10)18-4)13(17-3)7-6-8-16/h9,13,17H,6-8,16H2,1-5H3. The fraction of sp³-hybridized carbons (Fsp3) is 0.600. The lowest BCUT2D eigenvalue weighted by atomic mass is 9.95. The molecule has 0 saturated carbocycles. The van der Waals surface area contributed by atoms with Crippen LogP contribution < -0.4 is 20.5 Å². The molecular weight excluding hydrogens is 240 g/mol. The van der Waals surface area contributed by atoms with Gasteiger partial charge in [-0.15, -0.1) is 0 Å². The number of hydrogen-bond donors (Lipinski definition) is 2. The number of methoxy groups -OCH3 is 2. The number of nitrogens with one attached hydrogen (secondary N) is 1. The third kappa shape index (κ3) is 3.39. The number of ether oxygens (including phenoxy) is 2. The minimum atomic E-state index is 0.228. The van der Waals surface area contributed by atoms with Gasteiger partial charge >= 0.3 is 0 Å². The van der Waals surface area contributed by atoms with E-state index < -0.39 is 0 Å². The Morgan fingerprint density at radius 2 is 1.89 bits per heavy atom. The van der Waals surface area contributed by atoms with Gasteiger partial charge in [-0.25, -0.2) is 0 Å². The van der Waals surface area contributed by atoms with Crippen LogP contribution in [0.1, 0.15) is 35.6 Å². The maximum Gasteiger partial charge on any atom is 0.127 e. The number of benzene rings is 1. The van der Waals surface area contributed by atoms with Gasteiger partial charge in [0.2, 0.25) is 0 Å². The molecule has 4 nitrogen and oxygen atoms in total. The summed E-state index contributed by atoms with van der Waals surface area (Å²) in [4.78, 5) is 0. The number of rotatable bonds is 7. The van der Waals surface area contributed by atoms with Gasteiger partial charge in [0.25, 0.3) is 0 Å². The van der Waals surface area contributed by atoms with Crippen LogP contribution in [0.15, 0.2) is 6.07 Å². The van der Waals surface area contributed by atoms with E-state index in [4.69, 9.17) is 15.2 Å². The van der Waals surface area contributed by atoms with Gasteiger partial charge in [-0.05, 0) is 57.5 Å². The van der Waals surface area contributed by atoms with E-state index in [1.165, 1.54) is 0 Å². The van der Waals surface area contributed by atoms with E-state index >= 15 is 0 Å². The lowest BCUT2D eigenvalue weighted by Gasteiger charge is -2.23. The molecule has 1 aromatic carbocycles. The van der Waals surface area contributed by atoms with Gasteiger partial charge in [0.1, 0.15) is 11.5 Å². The van der Waals surface area contributed by atoms with Gasteiger partial charge in [-0.3, -0.25) is 0 Å². The van der Waals surface area contributed by atoms with Crippen molar-refractivity contribution < 1.29 is 9.47 Å². The molecule has 1 aromatic rings. The largest absolute Gasteiger partial charge is 0.496 e. The van der Waals surface area contributed by atoms with E-state index in [1.54, 1.807) is 14.2 Å². The second-order valence-electron chi connectivity index (χ2n) is 4.72. The number of nitrogens with two attached hydrogens (primary N) is 1. The molecule has 0 fully saturated rings. The molecule has 0 amide bonds. The van der Waals surface area contributed by atoms with E-state index in [1.807, 2.05) is 7.05 Å². The highest BCUT2D eigenvalue weighted by molar-refractivity contribution is 5.53. The molecule has 1 atom stereocenters. The first kappa shape index (κ1) is 15.8. The molecule has 0 aliphatic rings. The molecule has 19 heavy (non-hydrogen) atoms. The second kappa shape index (κ2) is 7.36. The van der Waals surface area contributed by atoms with E-state index in [2.05, 4.69) is 25.2 Å². The van der Waals surface area contributed by atoms with Crippen LogP contribution in [0.3, 0.4) is 0 Å². The van der Waals surface area contributed by atoms with Crippen LogP contribution in [0, 0.1) is 13.8 Å². The van der Waals surface area contributed by atoms with Crippen molar-refractivity contribution in [3.8, 4) is 11.5 Å². The van der Waals surface area contributed by atoms with Crippen molar-refractivity contribution in [3.63, 3.8) is 0 Å². The summed E-state index contributed by atoms with van der Waals surface area (Å²) >= 11 is 0. The van der Waals surface area contributed by atoms with E-state index in [-0.39, 0.29) is 6.04 Å². The van der Waals surface area contributed by atoms with Crippen LogP contribution >= 0.6 is 0 Å². The Balaban J connectivity index is 3.26. The lowest BCUT2D eigenvalue weighted by molar-refractivity contribution is 0.383. The summed E-state index contributed by atoms with van der Waals surface area (Å²) in [6.07, 6.45) is 1.96. The zero-order chi connectivity index (χ0) is 14.4. The highest BCUT2D eigenvalue weighted by Crippen LogP contribution is 2.37. The molecule has 0 radical (unpaired) electrons. The zero-order valence-corrected chi connectivity index (χ0v) is 12.7. The summed E-state index contributed by atoms with van der Waals surface area (Å²) in [5, 5.41) is 3.33. The highest BCUT2D eigenvalue weighted by Gasteiger charge is 2.19. The van der Waals surface area contributed by atoms with Crippen molar-refractivity contribution in [3.05, 3.63) is 22.8 Å². The predicted molar refractivity (Wildman–Crippen MR) is 79.1 cm³/mol. The summed E-state index contributed by atoms with van der Waals surface area (Å²) in [6, 6.07) is 2.30. The molecule has 0 aliphatic heterocycles. The average Bonchev–Trinajstić information content (AvgIpc) is 2.43. The first-order valence-electron chi connectivity index (χ1n) is 6.70. The minimum absolute atomic E-state index is 0.228.